The molecule has 9 nitrogen and oxygen atoms in total. The van der Waals surface area contributed by atoms with Crippen LogP contribution >= 0.6 is 11.8 Å². The average molecular weight is 456 g/mol. The Morgan fingerprint density at radius 3 is 2.13 bits per heavy atom. The van der Waals surface area contributed by atoms with Crippen LogP contribution in [0.2, 0.25) is 0 Å². The predicted molar refractivity (Wildman–Crippen MR) is 121 cm³/mol. The van der Waals surface area contributed by atoms with Gasteiger partial charge in [-0.2, -0.15) is 11.8 Å². The Labute approximate surface area is 187 Å². The number of hydrogen-bond donors (Lipinski definition) is 5. The first-order valence-electron chi connectivity index (χ1n) is 9.86. The van der Waals surface area contributed by atoms with E-state index < -0.39 is 36.0 Å². The molecule has 31 heavy (non-hydrogen) atoms. The summed E-state index contributed by atoms with van der Waals surface area (Å²) >= 11 is 1.55. The number of carbonyl (C=O) groups excluding carboxylic acids is 2. The fraction of sp³-hybridized carbons (Fsp3) is 0.524. The van der Waals surface area contributed by atoms with Gasteiger partial charge < -0.3 is 26.6 Å². The van der Waals surface area contributed by atoms with Crippen molar-refractivity contribution in [3.8, 4) is 0 Å². The smallest absolute Gasteiger partial charge is 0.326 e. The topological polar surface area (TPSA) is 159 Å². The van der Waals surface area contributed by atoms with Gasteiger partial charge in [-0.1, -0.05) is 44.2 Å². The van der Waals surface area contributed by atoms with Crippen molar-refractivity contribution in [3.05, 3.63) is 35.9 Å². The van der Waals surface area contributed by atoms with E-state index in [1.165, 1.54) is 0 Å². The molecule has 10 heteroatoms. The van der Waals surface area contributed by atoms with E-state index in [0.29, 0.717) is 19.3 Å². The zero-order chi connectivity index (χ0) is 23.8. The van der Waals surface area contributed by atoms with Crippen molar-refractivity contribution in [1.29, 1.82) is 0 Å². The third-order valence-corrected chi connectivity index (χ3v) is 4.78. The number of carboxylic acids is 2. The number of hydrogen-bond acceptors (Lipinski definition) is 6. The third kappa shape index (κ3) is 13.3. The monoisotopic (exact) mass is 455 g/mol. The summed E-state index contributed by atoms with van der Waals surface area (Å²) in [4.78, 5) is 43.4. The summed E-state index contributed by atoms with van der Waals surface area (Å²) in [5.41, 5.74) is 6.61. The molecule has 1 aromatic carbocycles. The van der Waals surface area contributed by atoms with Gasteiger partial charge in [0.15, 0.2) is 0 Å². The molecule has 0 radical (unpaired) electrons. The molecule has 0 aliphatic heterocycles. The summed E-state index contributed by atoms with van der Waals surface area (Å²) in [6.45, 7) is 3.93. The van der Waals surface area contributed by atoms with E-state index >= 15 is 0 Å². The summed E-state index contributed by atoms with van der Waals surface area (Å²) in [6.07, 6.45) is 3.55. The molecule has 0 aliphatic carbocycles. The summed E-state index contributed by atoms with van der Waals surface area (Å²) in [5, 5.41) is 22.4. The number of carbonyl (C=O) groups is 4. The van der Waals surface area contributed by atoms with Gasteiger partial charge in [0.1, 0.15) is 12.1 Å². The van der Waals surface area contributed by atoms with Crippen molar-refractivity contribution in [2.45, 2.75) is 51.2 Å². The molecule has 1 rings (SSSR count). The highest BCUT2D eigenvalue weighted by Gasteiger charge is 2.23. The van der Waals surface area contributed by atoms with E-state index in [0.717, 1.165) is 11.3 Å². The van der Waals surface area contributed by atoms with Crippen LogP contribution in [0.4, 0.5) is 0 Å². The number of amides is 2. The Bertz CT molecular complexity index is 687. The molecule has 0 saturated heterocycles. The molecular weight excluding hydrogens is 422 g/mol. The lowest BCUT2D eigenvalue weighted by Gasteiger charge is -2.19. The minimum Gasteiger partial charge on any atom is -0.480 e. The lowest BCUT2D eigenvalue weighted by molar-refractivity contribution is -0.142. The van der Waals surface area contributed by atoms with Crippen LogP contribution in [0.3, 0.4) is 0 Å². The fourth-order valence-corrected chi connectivity index (χ4v) is 3.01. The molecule has 174 valence electrons. The van der Waals surface area contributed by atoms with Gasteiger partial charge in [0.2, 0.25) is 12.3 Å². The molecule has 0 spiro atoms. The number of nitrogens with one attached hydrogen (secondary N) is 2. The molecule has 0 aromatic heterocycles. The summed E-state index contributed by atoms with van der Waals surface area (Å²) in [7, 11) is 0. The van der Waals surface area contributed by atoms with E-state index in [-0.39, 0.29) is 12.3 Å². The molecule has 0 heterocycles. The van der Waals surface area contributed by atoms with Crippen LogP contribution in [0.1, 0.15) is 32.3 Å². The summed E-state index contributed by atoms with van der Waals surface area (Å²) < 4.78 is 0. The number of nitrogens with two attached hydrogens (primary N) is 1. The first-order chi connectivity index (χ1) is 14.6. The first kappa shape index (κ1) is 28.4. The van der Waals surface area contributed by atoms with Gasteiger partial charge in [-0.15, -0.1) is 0 Å². The number of rotatable bonds is 13. The van der Waals surface area contributed by atoms with Gasteiger partial charge in [0.25, 0.3) is 0 Å². The normalized spacial score (nSPS) is 13.2. The maximum atomic E-state index is 11.9. The lowest BCUT2D eigenvalue weighted by Crippen LogP contribution is -2.49. The molecule has 0 aliphatic rings. The zero-order valence-corrected chi connectivity index (χ0v) is 18.9. The van der Waals surface area contributed by atoms with E-state index in [4.69, 9.17) is 10.8 Å². The maximum Gasteiger partial charge on any atom is 0.326 e. The molecule has 0 bridgehead atoms. The van der Waals surface area contributed by atoms with Gasteiger partial charge >= 0.3 is 11.9 Å². The van der Waals surface area contributed by atoms with E-state index in [1.807, 2.05) is 50.4 Å². The number of aliphatic carboxylic acids is 2. The van der Waals surface area contributed by atoms with Crippen molar-refractivity contribution < 1.29 is 29.4 Å². The second kappa shape index (κ2) is 16.1. The third-order valence-electron chi connectivity index (χ3n) is 4.14. The van der Waals surface area contributed by atoms with Gasteiger partial charge in [0.05, 0.1) is 6.04 Å². The van der Waals surface area contributed by atoms with Gasteiger partial charge in [-0.3, -0.25) is 9.59 Å². The van der Waals surface area contributed by atoms with Crippen LogP contribution in [0.15, 0.2) is 30.3 Å². The molecule has 0 fully saturated rings. The number of benzene rings is 1. The molecular formula is C21H33N3O6S. The first-order valence-corrected chi connectivity index (χ1v) is 11.3. The Morgan fingerprint density at radius 2 is 1.68 bits per heavy atom. The highest BCUT2D eigenvalue weighted by atomic mass is 32.2. The molecule has 6 N–H and O–H groups in total. The Morgan fingerprint density at radius 1 is 1.10 bits per heavy atom. The predicted octanol–water partition coefficient (Wildman–Crippen LogP) is 1.11. The molecule has 1 aromatic rings. The van der Waals surface area contributed by atoms with Crippen molar-refractivity contribution in [1.82, 2.24) is 10.6 Å². The zero-order valence-electron chi connectivity index (χ0n) is 18.1. The van der Waals surface area contributed by atoms with Gasteiger partial charge in [-0.25, -0.2) is 9.59 Å². The van der Waals surface area contributed by atoms with Crippen LogP contribution in [0, 0.1) is 5.92 Å². The summed E-state index contributed by atoms with van der Waals surface area (Å²) in [5.74, 6) is -1.43. The van der Waals surface area contributed by atoms with Crippen molar-refractivity contribution in [2.24, 2.45) is 11.7 Å². The van der Waals surface area contributed by atoms with E-state index in [1.54, 1.807) is 11.8 Å². The molecule has 3 unspecified atom stereocenters. The maximum absolute atomic E-state index is 11.9. The second-order valence-corrected chi connectivity index (χ2v) is 8.27. The van der Waals surface area contributed by atoms with Crippen LogP contribution in [-0.4, -0.2) is 64.6 Å². The highest BCUT2D eigenvalue weighted by molar-refractivity contribution is 7.98. The minimum absolute atomic E-state index is 0.246. The Balaban J connectivity index is 0.000000695. The van der Waals surface area contributed by atoms with Crippen LogP contribution in [0.25, 0.3) is 0 Å². The van der Waals surface area contributed by atoms with Crippen molar-refractivity contribution in [2.75, 3.05) is 12.0 Å². The largest absolute Gasteiger partial charge is 0.480 e. The van der Waals surface area contributed by atoms with Crippen molar-refractivity contribution in [3.63, 3.8) is 0 Å². The van der Waals surface area contributed by atoms with E-state index in [9.17, 15) is 24.3 Å². The summed E-state index contributed by atoms with van der Waals surface area (Å²) in [6, 6.07) is 6.82. The second-order valence-electron chi connectivity index (χ2n) is 7.28. The fourth-order valence-electron chi connectivity index (χ4n) is 2.54. The number of thioether (sulfide) groups is 1. The Hall–Kier alpha value is -2.59. The molecule has 2 amide bonds. The Kier molecular flexibility index (Phi) is 14.8. The van der Waals surface area contributed by atoms with Gasteiger partial charge in [-0.05, 0) is 36.3 Å². The van der Waals surface area contributed by atoms with Gasteiger partial charge in [0, 0.05) is 6.42 Å². The minimum atomic E-state index is -1.06. The highest BCUT2D eigenvalue weighted by Crippen LogP contribution is 2.06. The quantitative estimate of drug-likeness (QED) is 0.277. The standard InChI is InChI=1S/C15H22N2O3.C6H11NO3S/c1-10(2)8-12(16)14(18)17-13(15(19)20)9-11-6-4-3-5-7-11;1-11-3-2-5(6(9)10)7-4-8/h3-7,10,12-13H,8-9,16H2,1-2H3,(H,17,18)(H,19,20);4-5H,2-3H2,1H3,(H,7,8)(H,9,10). The van der Waals surface area contributed by atoms with Crippen LogP contribution < -0.4 is 16.4 Å². The SMILES string of the molecule is CC(C)CC(N)C(=O)NC(Cc1ccccc1)C(=O)O.CSCCC(NC=O)C(=O)O. The lowest BCUT2D eigenvalue weighted by atomic mass is 10.0. The van der Waals surface area contributed by atoms with Crippen molar-refractivity contribution >= 4 is 36.0 Å². The van der Waals surface area contributed by atoms with Crippen LogP contribution in [0.5, 0.6) is 0 Å². The average Bonchev–Trinajstić information content (AvgIpc) is 2.71. The number of carboxylic acid groups (broad SMARTS) is 2. The molecule has 0 saturated carbocycles. The van der Waals surface area contributed by atoms with Crippen LogP contribution in [-0.2, 0) is 25.6 Å². The molecule has 3 atom stereocenters. The van der Waals surface area contributed by atoms with E-state index in [2.05, 4.69) is 10.6 Å².